The fourth-order valence-corrected chi connectivity index (χ4v) is 1.64. The number of benzene rings is 1. The molecule has 0 saturated heterocycles. The van der Waals surface area contributed by atoms with Crippen LogP contribution in [0.15, 0.2) is 18.2 Å². The van der Waals surface area contributed by atoms with Crippen molar-refractivity contribution < 1.29 is 19.0 Å². The second-order valence-corrected chi connectivity index (χ2v) is 3.87. The summed E-state index contributed by atoms with van der Waals surface area (Å²) in [6, 6.07) is 5.66. The zero-order valence-corrected chi connectivity index (χ0v) is 9.93. The van der Waals surface area contributed by atoms with Crippen LogP contribution in [0.25, 0.3) is 0 Å². The number of carbonyl (C=O) groups is 1. The lowest BCUT2D eigenvalue weighted by Crippen LogP contribution is -2.29. The molecule has 0 atom stereocenters. The molecule has 5 heteroatoms. The molecule has 1 amide bonds. The molecule has 0 saturated carbocycles. The lowest BCUT2D eigenvalue weighted by Gasteiger charge is -2.16. The average molecular weight is 237 g/mol. The number of fused-ring (bicyclic) bond motifs is 1. The molecule has 0 N–H and O–H groups in total. The van der Waals surface area contributed by atoms with Crippen LogP contribution in [0.5, 0.6) is 11.5 Å². The molecule has 0 aromatic heterocycles. The number of rotatable bonds is 4. The molecule has 92 valence electrons. The Morgan fingerprint density at radius 1 is 1.41 bits per heavy atom. The highest BCUT2D eigenvalue weighted by Crippen LogP contribution is 2.32. The highest BCUT2D eigenvalue weighted by molar-refractivity contribution is 5.77. The smallest absolute Gasteiger partial charge is 0.248 e. The largest absolute Gasteiger partial charge is 0.454 e. The van der Waals surface area contributed by atoms with Gasteiger partial charge in [0, 0.05) is 20.7 Å². The summed E-state index contributed by atoms with van der Waals surface area (Å²) < 4.78 is 15.3. The zero-order chi connectivity index (χ0) is 12.3. The molecule has 0 aliphatic carbocycles. The quantitative estimate of drug-likeness (QED) is 0.784. The Bertz CT molecular complexity index is 419. The van der Waals surface area contributed by atoms with E-state index in [0.29, 0.717) is 6.54 Å². The van der Waals surface area contributed by atoms with Crippen LogP contribution in [-0.2, 0) is 16.1 Å². The molecular weight excluding hydrogens is 222 g/mol. The van der Waals surface area contributed by atoms with Crippen LogP contribution < -0.4 is 9.47 Å². The highest BCUT2D eigenvalue weighted by Gasteiger charge is 2.15. The van der Waals surface area contributed by atoms with Crippen LogP contribution >= 0.6 is 0 Å². The van der Waals surface area contributed by atoms with Crippen LogP contribution in [0.4, 0.5) is 0 Å². The van der Waals surface area contributed by atoms with Crippen molar-refractivity contribution in [3.05, 3.63) is 23.8 Å². The second kappa shape index (κ2) is 5.05. The molecule has 2 rings (SSSR count). The van der Waals surface area contributed by atoms with Gasteiger partial charge < -0.3 is 19.1 Å². The van der Waals surface area contributed by atoms with Crippen molar-refractivity contribution in [1.29, 1.82) is 0 Å². The molecule has 1 aromatic carbocycles. The van der Waals surface area contributed by atoms with E-state index in [2.05, 4.69) is 0 Å². The van der Waals surface area contributed by atoms with Gasteiger partial charge in [0.15, 0.2) is 11.5 Å². The first-order valence-corrected chi connectivity index (χ1v) is 5.32. The normalized spacial score (nSPS) is 12.6. The third-order valence-electron chi connectivity index (χ3n) is 2.55. The third kappa shape index (κ3) is 2.68. The van der Waals surface area contributed by atoms with E-state index in [9.17, 15) is 4.79 Å². The van der Waals surface area contributed by atoms with Gasteiger partial charge in [0.25, 0.3) is 0 Å². The van der Waals surface area contributed by atoms with E-state index in [-0.39, 0.29) is 19.3 Å². The Morgan fingerprint density at radius 3 is 2.94 bits per heavy atom. The zero-order valence-electron chi connectivity index (χ0n) is 9.93. The average Bonchev–Trinajstić information content (AvgIpc) is 2.76. The van der Waals surface area contributed by atoms with Gasteiger partial charge in [-0.05, 0) is 17.7 Å². The number of nitrogens with zero attached hydrogens (tertiary/aromatic N) is 1. The predicted octanol–water partition coefficient (Wildman–Crippen LogP) is 1.02. The van der Waals surface area contributed by atoms with Crippen molar-refractivity contribution in [2.24, 2.45) is 0 Å². The van der Waals surface area contributed by atoms with Crippen LogP contribution in [0.3, 0.4) is 0 Å². The summed E-state index contributed by atoms with van der Waals surface area (Å²) in [5.74, 6) is 1.43. The molecule has 0 unspecified atom stereocenters. The monoisotopic (exact) mass is 237 g/mol. The predicted molar refractivity (Wildman–Crippen MR) is 60.9 cm³/mol. The number of carbonyl (C=O) groups excluding carboxylic acids is 1. The molecule has 0 radical (unpaired) electrons. The van der Waals surface area contributed by atoms with Gasteiger partial charge in [0.05, 0.1) is 0 Å². The minimum atomic E-state index is -0.0508. The van der Waals surface area contributed by atoms with Gasteiger partial charge in [-0.2, -0.15) is 0 Å². The maximum Gasteiger partial charge on any atom is 0.248 e. The molecule has 17 heavy (non-hydrogen) atoms. The van der Waals surface area contributed by atoms with Crippen molar-refractivity contribution in [2.75, 3.05) is 27.6 Å². The molecule has 1 aliphatic heterocycles. The Morgan fingerprint density at radius 2 is 2.18 bits per heavy atom. The van der Waals surface area contributed by atoms with Gasteiger partial charge in [-0.3, -0.25) is 4.79 Å². The summed E-state index contributed by atoms with van der Waals surface area (Å²) in [6.45, 7) is 0.886. The SMILES string of the molecule is COCC(=O)N(C)Cc1ccc2c(c1)OCO2. The molecule has 0 fully saturated rings. The van der Waals surface area contributed by atoms with Gasteiger partial charge >= 0.3 is 0 Å². The van der Waals surface area contributed by atoms with Crippen molar-refractivity contribution in [3.63, 3.8) is 0 Å². The highest BCUT2D eigenvalue weighted by atomic mass is 16.7. The van der Waals surface area contributed by atoms with E-state index < -0.39 is 0 Å². The first kappa shape index (κ1) is 11.7. The Hall–Kier alpha value is -1.75. The van der Waals surface area contributed by atoms with Gasteiger partial charge in [0.2, 0.25) is 12.7 Å². The number of methoxy groups -OCH3 is 1. The Balaban J connectivity index is 2.01. The summed E-state index contributed by atoms with van der Waals surface area (Å²) in [6.07, 6.45) is 0. The number of ether oxygens (including phenoxy) is 3. The minimum absolute atomic E-state index is 0.0508. The van der Waals surface area contributed by atoms with Gasteiger partial charge in [0.1, 0.15) is 6.61 Å². The molecule has 5 nitrogen and oxygen atoms in total. The van der Waals surface area contributed by atoms with E-state index in [4.69, 9.17) is 14.2 Å². The summed E-state index contributed by atoms with van der Waals surface area (Å²) in [5, 5.41) is 0. The fourth-order valence-electron chi connectivity index (χ4n) is 1.64. The number of amides is 1. The van der Waals surface area contributed by atoms with E-state index in [1.54, 1.807) is 11.9 Å². The molecule has 1 heterocycles. The molecule has 1 aliphatic rings. The molecular formula is C12H15NO4. The number of hydrogen-bond donors (Lipinski definition) is 0. The van der Waals surface area contributed by atoms with Crippen molar-refractivity contribution >= 4 is 5.91 Å². The topological polar surface area (TPSA) is 48.0 Å². The van der Waals surface area contributed by atoms with Crippen LogP contribution in [0.2, 0.25) is 0 Å². The van der Waals surface area contributed by atoms with Crippen molar-refractivity contribution in [2.45, 2.75) is 6.54 Å². The summed E-state index contributed by atoms with van der Waals surface area (Å²) >= 11 is 0. The van der Waals surface area contributed by atoms with Gasteiger partial charge in [-0.25, -0.2) is 0 Å². The summed E-state index contributed by atoms with van der Waals surface area (Å²) in [5.41, 5.74) is 1.00. The first-order valence-electron chi connectivity index (χ1n) is 5.32. The summed E-state index contributed by atoms with van der Waals surface area (Å²) in [4.78, 5) is 13.1. The van der Waals surface area contributed by atoms with E-state index in [1.165, 1.54) is 7.11 Å². The number of hydrogen-bond acceptors (Lipinski definition) is 4. The van der Waals surface area contributed by atoms with Crippen molar-refractivity contribution in [3.8, 4) is 11.5 Å². The minimum Gasteiger partial charge on any atom is -0.454 e. The van der Waals surface area contributed by atoms with Crippen LogP contribution in [-0.4, -0.2) is 38.4 Å². The maximum atomic E-state index is 11.5. The lowest BCUT2D eigenvalue weighted by molar-refractivity contribution is -0.134. The van der Waals surface area contributed by atoms with Crippen LogP contribution in [0.1, 0.15) is 5.56 Å². The van der Waals surface area contributed by atoms with Gasteiger partial charge in [-0.15, -0.1) is 0 Å². The lowest BCUT2D eigenvalue weighted by atomic mass is 10.2. The Kier molecular flexibility index (Phi) is 3.49. The third-order valence-corrected chi connectivity index (χ3v) is 2.55. The van der Waals surface area contributed by atoms with Crippen molar-refractivity contribution in [1.82, 2.24) is 4.90 Å². The molecule has 0 spiro atoms. The van der Waals surface area contributed by atoms with E-state index >= 15 is 0 Å². The fraction of sp³-hybridized carbons (Fsp3) is 0.417. The van der Waals surface area contributed by atoms with Crippen LogP contribution in [0, 0.1) is 0 Å². The van der Waals surface area contributed by atoms with Gasteiger partial charge in [-0.1, -0.05) is 6.07 Å². The standard InChI is InChI=1S/C12H15NO4/c1-13(12(14)7-15-2)6-9-3-4-10-11(5-9)17-8-16-10/h3-5H,6-8H2,1-2H3. The first-order chi connectivity index (χ1) is 8.20. The second-order valence-electron chi connectivity index (χ2n) is 3.87. The summed E-state index contributed by atoms with van der Waals surface area (Å²) in [7, 11) is 3.25. The van der Waals surface area contributed by atoms with E-state index in [1.807, 2.05) is 18.2 Å². The molecule has 1 aromatic rings. The number of likely N-dealkylation sites (N-methyl/N-ethyl adjacent to an activating group) is 1. The molecule has 0 bridgehead atoms. The van der Waals surface area contributed by atoms with E-state index in [0.717, 1.165) is 17.1 Å². The Labute approximate surface area is 99.9 Å². The maximum absolute atomic E-state index is 11.5.